The predicted octanol–water partition coefficient (Wildman–Crippen LogP) is 4.15. The number of anilines is 1. The molecule has 0 radical (unpaired) electrons. The maximum atomic E-state index is 14.1. The van der Waals surface area contributed by atoms with Crippen molar-refractivity contribution >= 4 is 21.6 Å². The van der Waals surface area contributed by atoms with Crippen LogP contribution in [0.5, 0.6) is 5.75 Å². The molecule has 0 saturated heterocycles. The molecule has 10 heteroatoms. The number of hydrogen-bond acceptors (Lipinski definition) is 7. The highest BCUT2D eigenvalue weighted by Gasteiger charge is 2.30. The van der Waals surface area contributed by atoms with Crippen LogP contribution in [0.15, 0.2) is 47.4 Å². The van der Waals surface area contributed by atoms with Crippen LogP contribution in [0.25, 0.3) is 0 Å². The molecule has 2 aromatic carbocycles. The minimum Gasteiger partial charge on any atom is -0.490 e. The minimum atomic E-state index is -3.87. The van der Waals surface area contributed by atoms with Crippen LogP contribution in [-0.4, -0.2) is 87.9 Å². The Morgan fingerprint density at radius 2 is 1.82 bits per heavy atom. The van der Waals surface area contributed by atoms with Gasteiger partial charge in [-0.15, -0.1) is 0 Å². The van der Waals surface area contributed by atoms with Crippen molar-refractivity contribution < 1.29 is 27.8 Å². The number of aryl methyl sites for hydroxylation is 1. The number of benzene rings is 2. The molecule has 3 rings (SSSR count). The summed E-state index contributed by atoms with van der Waals surface area (Å²) in [4.78, 5) is 18.0. The van der Waals surface area contributed by atoms with Gasteiger partial charge in [-0.05, 0) is 84.5 Å². The molecular formula is C30H45N3O6S. The Hall–Kier alpha value is -2.66. The SMILES string of the molecule is Cc1ccc(S(=O)(=O)Nc2ccc3c(c2)C(=O)N([C@H](C)CO)C[C@@H](C)[C@@H](CN(C)C)OCCCC[C@@H](C)O3)cc1. The molecule has 0 saturated carbocycles. The van der Waals surface area contributed by atoms with E-state index in [9.17, 15) is 18.3 Å². The van der Waals surface area contributed by atoms with Crippen LogP contribution in [0.2, 0.25) is 0 Å². The number of carbonyl (C=O) groups is 1. The average molecular weight is 576 g/mol. The van der Waals surface area contributed by atoms with Crippen LogP contribution in [0.3, 0.4) is 0 Å². The summed E-state index contributed by atoms with van der Waals surface area (Å²) < 4.78 is 41.3. The Balaban J connectivity index is 2.02. The number of nitrogens with zero attached hydrogens (tertiary/aromatic N) is 2. The van der Waals surface area contributed by atoms with Crippen LogP contribution in [0.1, 0.15) is 56.0 Å². The zero-order chi connectivity index (χ0) is 29.4. The van der Waals surface area contributed by atoms with Crippen molar-refractivity contribution in [2.45, 2.75) is 70.1 Å². The minimum absolute atomic E-state index is 0.0187. The smallest absolute Gasteiger partial charge is 0.261 e. The summed E-state index contributed by atoms with van der Waals surface area (Å²) in [6.45, 7) is 9.16. The number of likely N-dealkylation sites (N-methyl/N-ethyl adjacent to an activating group) is 1. The lowest BCUT2D eigenvalue weighted by atomic mass is 10.0. The van der Waals surface area contributed by atoms with Crippen LogP contribution in [-0.2, 0) is 14.8 Å². The van der Waals surface area contributed by atoms with Crippen molar-refractivity contribution in [2.24, 2.45) is 5.92 Å². The summed E-state index contributed by atoms with van der Waals surface area (Å²) in [6.07, 6.45) is 2.33. The first kappa shape index (κ1) is 31.9. The number of amides is 1. The summed E-state index contributed by atoms with van der Waals surface area (Å²) in [5.74, 6) is 0.0270. The van der Waals surface area contributed by atoms with Crippen LogP contribution >= 0.6 is 0 Å². The van der Waals surface area contributed by atoms with Crippen molar-refractivity contribution in [3.63, 3.8) is 0 Å². The molecule has 9 nitrogen and oxygen atoms in total. The Morgan fingerprint density at radius 1 is 1.12 bits per heavy atom. The topological polar surface area (TPSA) is 108 Å². The van der Waals surface area contributed by atoms with Gasteiger partial charge in [-0.1, -0.05) is 24.6 Å². The fourth-order valence-corrected chi connectivity index (χ4v) is 5.79. The Bertz CT molecular complexity index is 1220. The van der Waals surface area contributed by atoms with E-state index in [-0.39, 0.29) is 46.8 Å². The Morgan fingerprint density at radius 3 is 2.48 bits per heavy atom. The number of nitrogens with one attached hydrogen (secondary N) is 1. The van der Waals surface area contributed by atoms with Gasteiger partial charge in [-0.2, -0.15) is 0 Å². The number of aliphatic hydroxyl groups is 1. The summed E-state index contributed by atoms with van der Waals surface area (Å²) >= 11 is 0. The predicted molar refractivity (Wildman–Crippen MR) is 157 cm³/mol. The van der Waals surface area contributed by atoms with E-state index in [1.165, 1.54) is 6.07 Å². The lowest BCUT2D eigenvalue weighted by Crippen LogP contribution is -2.47. The molecule has 4 atom stereocenters. The molecule has 0 unspecified atom stereocenters. The van der Waals surface area contributed by atoms with Gasteiger partial charge in [0.25, 0.3) is 15.9 Å². The van der Waals surface area contributed by atoms with E-state index in [1.54, 1.807) is 48.2 Å². The first-order chi connectivity index (χ1) is 18.9. The Labute approximate surface area is 239 Å². The quantitative estimate of drug-likeness (QED) is 0.511. The summed E-state index contributed by atoms with van der Waals surface area (Å²) in [5.41, 5.74) is 1.45. The third kappa shape index (κ3) is 8.67. The average Bonchev–Trinajstić information content (AvgIpc) is 2.90. The van der Waals surface area contributed by atoms with Gasteiger partial charge < -0.3 is 24.4 Å². The molecule has 1 aliphatic rings. The monoisotopic (exact) mass is 575 g/mol. The standard InChI is InChI=1S/C30H45N3O6S/c1-21-10-13-26(14-11-21)40(36,37)31-25-12-15-28-27(17-25)30(35)33(23(3)20-34)18-22(2)29(19-32(5)6)38-16-8-7-9-24(4)39-28/h10-15,17,22-24,29,31,34H,7-9,16,18-20H2,1-6H3/t22-,23-,24-,29-/m1/s1. The highest BCUT2D eigenvalue weighted by Crippen LogP contribution is 2.29. The lowest BCUT2D eigenvalue weighted by molar-refractivity contribution is -0.0137. The zero-order valence-corrected chi connectivity index (χ0v) is 25.4. The fourth-order valence-electron chi connectivity index (χ4n) is 4.74. The van der Waals surface area contributed by atoms with E-state index >= 15 is 0 Å². The number of hydrogen-bond donors (Lipinski definition) is 2. The molecule has 2 N–H and O–H groups in total. The summed E-state index contributed by atoms with van der Waals surface area (Å²) in [7, 11) is 0.118. The molecule has 40 heavy (non-hydrogen) atoms. The first-order valence-corrected chi connectivity index (χ1v) is 15.5. The van der Waals surface area contributed by atoms with Crippen molar-refractivity contribution in [1.82, 2.24) is 9.80 Å². The van der Waals surface area contributed by atoms with Crippen molar-refractivity contribution in [3.8, 4) is 5.75 Å². The number of fused-ring (bicyclic) bond motifs is 1. The van der Waals surface area contributed by atoms with Crippen molar-refractivity contribution in [2.75, 3.05) is 45.1 Å². The lowest BCUT2D eigenvalue weighted by Gasteiger charge is -2.35. The van der Waals surface area contributed by atoms with Gasteiger partial charge >= 0.3 is 0 Å². The second-order valence-electron chi connectivity index (χ2n) is 11.2. The second-order valence-corrected chi connectivity index (χ2v) is 12.9. The molecular weight excluding hydrogens is 530 g/mol. The van der Waals surface area contributed by atoms with Gasteiger partial charge in [0.1, 0.15) is 5.75 Å². The van der Waals surface area contributed by atoms with Gasteiger partial charge in [0.15, 0.2) is 0 Å². The summed E-state index contributed by atoms with van der Waals surface area (Å²) in [6, 6.07) is 10.9. The normalized spacial score (nSPS) is 22.2. The van der Waals surface area contributed by atoms with E-state index in [4.69, 9.17) is 9.47 Å². The first-order valence-electron chi connectivity index (χ1n) is 14.0. The number of carbonyl (C=O) groups excluding carboxylic acids is 1. The summed E-state index contributed by atoms with van der Waals surface area (Å²) in [5, 5.41) is 10.1. The third-order valence-electron chi connectivity index (χ3n) is 7.18. The number of ether oxygens (including phenoxy) is 2. The molecule has 222 valence electrons. The second kappa shape index (κ2) is 14.3. The van der Waals surface area contributed by atoms with E-state index in [0.29, 0.717) is 25.4 Å². The molecule has 0 spiro atoms. The van der Waals surface area contributed by atoms with Gasteiger partial charge in [0, 0.05) is 31.3 Å². The highest BCUT2D eigenvalue weighted by atomic mass is 32.2. The van der Waals surface area contributed by atoms with E-state index < -0.39 is 16.1 Å². The zero-order valence-electron chi connectivity index (χ0n) is 24.6. The van der Waals surface area contributed by atoms with Crippen molar-refractivity contribution in [3.05, 3.63) is 53.6 Å². The van der Waals surface area contributed by atoms with Gasteiger partial charge in [0.05, 0.1) is 35.3 Å². The molecule has 1 heterocycles. The van der Waals surface area contributed by atoms with Gasteiger partial charge in [-0.25, -0.2) is 8.42 Å². The molecule has 0 aromatic heterocycles. The highest BCUT2D eigenvalue weighted by molar-refractivity contribution is 7.92. The van der Waals surface area contributed by atoms with E-state index in [1.807, 2.05) is 27.9 Å². The van der Waals surface area contributed by atoms with E-state index in [2.05, 4.69) is 16.5 Å². The van der Waals surface area contributed by atoms with Gasteiger partial charge in [0.2, 0.25) is 0 Å². The number of aliphatic hydroxyl groups excluding tert-OH is 1. The molecule has 1 amide bonds. The Kier molecular flexibility index (Phi) is 11.4. The molecule has 0 aliphatic carbocycles. The third-order valence-corrected chi connectivity index (χ3v) is 8.58. The van der Waals surface area contributed by atoms with Crippen LogP contribution < -0.4 is 9.46 Å². The maximum absolute atomic E-state index is 14.1. The van der Waals surface area contributed by atoms with E-state index in [0.717, 1.165) is 24.8 Å². The molecule has 0 bridgehead atoms. The number of rotatable bonds is 7. The molecule has 0 fully saturated rings. The van der Waals surface area contributed by atoms with Crippen LogP contribution in [0.4, 0.5) is 5.69 Å². The van der Waals surface area contributed by atoms with Gasteiger partial charge in [-0.3, -0.25) is 9.52 Å². The largest absolute Gasteiger partial charge is 0.490 e. The maximum Gasteiger partial charge on any atom is 0.261 e. The molecule has 2 aromatic rings. The number of sulfonamides is 1. The van der Waals surface area contributed by atoms with Crippen LogP contribution in [0, 0.1) is 12.8 Å². The fraction of sp³-hybridized carbons (Fsp3) is 0.567. The molecule has 1 aliphatic heterocycles. The van der Waals surface area contributed by atoms with Crippen molar-refractivity contribution in [1.29, 1.82) is 0 Å².